The summed E-state index contributed by atoms with van der Waals surface area (Å²) in [5.41, 5.74) is 2.46. The molecule has 3 amide bonds. The molecule has 0 aliphatic carbocycles. The van der Waals surface area contributed by atoms with E-state index in [2.05, 4.69) is 28.8 Å². The third kappa shape index (κ3) is 3.17. The van der Waals surface area contributed by atoms with Gasteiger partial charge in [-0.3, -0.25) is 4.79 Å². The Morgan fingerprint density at radius 3 is 2.54 bits per heavy atom. The highest BCUT2D eigenvalue weighted by atomic mass is 16.5. The molecule has 1 aromatic heterocycles. The molecule has 2 aromatic rings. The van der Waals surface area contributed by atoms with E-state index >= 15 is 0 Å². The number of carbonyl (C=O) groups is 2. The third-order valence-corrected chi connectivity index (χ3v) is 5.17. The zero-order chi connectivity index (χ0) is 20.6. The molecule has 0 bridgehead atoms. The topological polar surface area (TPSA) is 75.9 Å². The summed E-state index contributed by atoms with van der Waals surface area (Å²) in [4.78, 5) is 25.5. The number of aryl methyl sites for hydroxylation is 1. The number of methoxy groups -OCH3 is 1. The highest BCUT2D eigenvalue weighted by molar-refractivity contribution is 6.07. The van der Waals surface area contributed by atoms with Crippen LogP contribution in [0.2, 0.25) is 0 Å². The lowest BCUT2D eigenvalue weighted by Crippen LogP contribution is -2.40. The van der Waals surface area contributed by atoms with Crippen LogP contribution in [0, 0.1) is 13.8 Å². The summed E-state index contributed by atoms with van der Waals surface area (Å²) in [6.45, 7) is 9.91. The van der Waals surface area contributed by atoms with Crippen LogP contribution in [-0.2, 0) is 10.3 Å². The van der Waals surface area contributed by atoms with E-state index in [-0.39, 0.29) is 0 Å². The van der Waals surface area contributed by atoms with Crippen LogP contribution in [0.1, 0.15) is 49.3 Å². The number of urea groups is 1. The predicted octanol–water partition coefficient (Wildman–Crippen LogP) is 3.50. The van der Waals surface area contributed by atoms with Crippen molar-refractivity contribution >= 4 is 18.2 Å². The number of benzene rings is 1. The number of imide groups is 1. The summed E-state index contributed by atoms with van der Waals surface area (Å²) in [6, 6.07) is 8.85. The molecule has 7 nitrogen and oxygen atoms in total. The molecular weight excluding hydrogens is 356 g/mol. The number of nitrogens with zero attached hydrogens (tertiary/aromatic N) is 3. The summed E-state index contributed by atoms with van der Waals surface area (Å²) in [5.74, 6) is 0.184. The van der Waals surface area contributed by atoms with Crippen LogP contribution in [0.4, 0.5) is 4.79 Å². The van der Waals surface area contributed by atoms with Crippen molar-refractivity contribution in [3.63, 3.8) is 0 Å². The molecule has 7 heteroatoms. The molecule has 1 aliphatic heterocycles. The third-order valence-electron chi connectivity index (χ3n) is 5.17. The molecule has 0 saturated carbocycles. The van der Waals surface area contributed by atoms with Gasteiger partial charge in [0, 0.05) is 23.0 Å². The van der Waals surface area contributed by atoms with Crippen LogP contribution in [0.15, 0.2) is 35.4 Å². The van der Waals surface area contributed by atoms with Gasteiger partial charge in [0.2, 0.25) is 0 Å². The second kappa shape index (κ2) is 7.14. The molecular formula is C21H26N4O3. The van der Waals surface area contributed by atoms with Crippen molar-refractivity contribution in [1.29, 1.82) is 0 Å². The number of aromatic nitrogens is 1. The molecule has 1 fully saturated rings. The lowest BCUT2D eigenvalue weighted by atomic mass is 9.92. The van der Waals surface area contributed by atoms with E-state index in [1.807, 2.05) is 19.9 Å². The Morgan fingerprint density at radius 2 is 1.93 bits per heavy atom. The van der Waals surface area contributed by atoms with Gasteiger partial charge in [0.1, 0.15) is 11.3 Å². The number of carbonyl (C=O) groups excluding carboxylic acids is 2. The second-order valence-electron chi connectivity index (χ2n) is 7.44. The van der Waals surface area contributed by atoms with Crippen LogP contribution in [0.5, 0.6) is 5.75 Å². The van der Waals surface area contributed by atoms with Crippen molar-refractivity contribution in [2.24, 2.45) is 5.10 Å². The van der Waals surface area contributed by atoms with Gasteiger partial charge in [0.05, 0.1) is 13.3 Å². The summed E-state index contributed by atoms with van der Waals surface area (Å²) < 4.78 is 7.42. The number of ether oxygens (including phenoxy) is 1. The summed E-state index contributed by atoms with van der Waals surface area (Å²) in [5, 5.41) is 7.83. The SMILES string of the molecule is COc1cccc([C@]2(C)NC(=O)N(/N=C\c3cc(C)n(C(C)C)c3C)C2=O)c1. The Kier molecular flexibility index (Phi) is 5.02. The smallest absolute Gasteiger partial charge is 0.346 e. The largest absolute Gasteiger partial charge is 0.497 e. The standard InChI is InChI=1S/C21H26N4O3/c1-13(2)24-14(3)10-16(15(24)4)12-22-25-19(26)21(5,23-20(25)27)17-8-7-9-18(11-17)28-6/h7-13H,1-6H3,(H,23,27)/b22-12-/t21-/m0/s1. The first kappa shape index (κ1) is 19.7. The monoisotopic (exact) mass is 382 g/mol. The number of rotatable bonds is 5. The molecule has 3 rings (SSSR count). The summed E-state index contributed by atoms with van der Waals surface area (Å²) in [7, 11) is 1.56. The molecule has 148 valence electrons. The minimum atomic E-state index is -1.20. The maximum absolute atomic E-state index is 13.0. The van der Waals surface area contributed by atoms with E-state index in [4.69, 9.17) is 4.74 Å². The fourth-order valence-corrected chi connectivity index (χ4v) is 3.71. The van der Waals surface area contributed by atoms with Gasteiger partial charge >= 0.3 is 6.03 Å². The van der Waals surface area contributed by atoms with E-state index in [0.717, 1.165) is 22.0 Å². The molecule has 0 unspecified atom stereocenters. The highest BCUT2D eigenvalue weighted by Crippen LogP contribution is 2.31. The van der Waals surface area contributed by atoms with Crippen LogP contribution >= 0.6 is 0 Å². The molecule has 1 saturated heterocycles. The van der Waals surface area contributed by atoms with Gasteiger partial charge < -0.3 is 14.6 Å². The first-order valence-electron chi connectivity index (χ1n) is 9.22. The number of hydrogen-bond donors (Lipinski definition) is 1. The maximum atomic E-state index is 13.0. The number of nitrogens with one attached hydrogen (secondary N) is 1. The Balaban J connectivity index is 1.90. The number of hydrazone groups is 1. The van der Waals surface area contributed by atoms with Gasteiger partial charge in [0.25, 0.3) is 5.91 Å². The van der Waals surface area contributed by atoms with E-state index < -0.39 is 17.5 Å². The van der Waals surface area contributed by atoms with Gasteiger partial charge in [-0.05, 0) is 58.4 Å². The fraction of sp³-hybridized carbons (Fsp3) is 0.381. The molecule has 0 spiro atoms. The maximum Gasteiger partial charge on any atom is 0.346 e. The molecule has 1 N–H and O–H groups in total. The second-order valence-corrected chi connectivity index (χ2v) is 7.44. The van der Waals surface area contributed by atoms with Crippen molar-refractivity contribution in [3.05, 3.63) is 52.8 Å². The van der Waals surface area contributed by atoms with Crippen LogP contribution in [0.3, 0.4) is 0 Å². The van der Waals surface area contributed by atoms with Crippen molar-refractivity contribution in [3.8, 4) is 5.75 Å². The first-order chi connectivity index (χ1) is 13.2. The lowest BCUT2D eigenvalue weighted by Gasteiger charge is -2.21. The molecule has 1 atom stereocenters. The average molecular weight is 382 g/mol. The zero-order valence-electron chi connectivity index (χ0n) is 17.1. The fourth-order valence-electron chi connectivity index (χ4n) is 3.71. The van der Waals surface area contributed by atoms with Gasteiger partial charge in [-0.2, -0.15) is 5.10 Å². The molecule has 0 radical (unpaired) electrons. The Bertz CT molecular complexity index is 961. The van der Waals surface area contributed by atoms with Crippen LogP contribution < -0.4 is 10.1 Å². The molecule has 2 heterocycles. The van der Waals surface area contributed by atoms with Gasteiger partial charge in [-0.25, -0.2) is 4.79 Å². The minimum absolute atomic E-state index is 0.315. The lowest BCUT2D eigenvalue weighted by molar-refractivity contribution is -0.131. The van der Waals surface area contributed by atoms with Crippen molar-refractivity contribution in [2.75, 3.05) is 7.11 Å². The minimum Gasteiger partial charge on any atom is -0.497 e. The number of amides is 3. The zero-order valence-corrected chi connectivity index (χ0v) is 17.1. The quantitative estimate of drug-likeness (QED) is 0.635. The van der Waals surface area contributed by atoms with Crippen LogP contribution in [-0.4, -0.2) is 34.8 Å². The van der Waals surface area contributed by atoms with E-state index in [0.29, 0.717) is 17.4 Å². The number of hydrogen-bond acceptors (Lipinski definition) is 4. The van der Waals surface area contributed by atoms with E-state index in [1.165, 1.54) is 0 Å². The molecule has 1 aromatic carbocycles. The van der Waals surface area contributed by atoms with Crippen molar-refractivity contribution in [2.45, 2.75) is 46.2 Å². The summed E-state index contributed by atoms with van der Waals surface area (Å²) >= 11 is 0. The average Bonchev–Trinajstić information content (AvgIpc) is 3.06. The molecule has 1 aliphatic rings. The Labute approximate surface area is 165 Å². The van der Waals surface area contributed by atoms with Gasteiger partial charge in [0.15, 0.2) is 0 Å². The first-order valence-corrected chi connectivity index (χ1v) is 9.22. The predicted molar refractivity (Wildman–Crippen MR) is 108 cm³/mol. The van der Waals surface area contributed by atoms with Crippen LogP contribution in [0.25, 0.3) is 0 Å². The Morgan fingerprint density at radius 1 is 1.21 bits per heavy atom. The van der Waals surface area contributed by atoms with Gasteiger partial charge in [-0.15, -0.1) is 5.01 Å². The Hall–Kier alpha value is -3.09. The molecule has 28 heavy (non-hydrogen) atoms. The highest BCUT2D eigenvalue weighted by Gasteiger charge is 2.49. The van der Waals surface area contributed by atoms with Crippen molar-refractivity contribution in [1.82, 2.24) is 14.9 Å². The van der Waals surface area contributed by atoms with E-state index in [1.54, 1.807) is 44.5 Å². The summed E-state index contributed by atoms with van der Waals surface area (Å²) in [6.07, 6.45) is 1.57. The van der Waals surface area contributed by atoms with E-state index in [9.17, 15) is 9.59 Å². The van der Waals surface area contributed by atoms with Crippen molar-refractivity contribution < 1.29 is 14.3 Å². The normalized spacial score (nSPS) is 19.8. The van der Waals surface area contributed by atoms with Gasteiger partial charge in [-0.1, -0.05) is 12.1 Å².